The van der Waals surface area contributed by atoms with E-state index in [-0.39, 0.29) is 11.6 Å². The van der Waals surface area contributed by atoms with Gasteiger partial charge in [-0.1, -0.05) is 21.1 Å². The minimum absolute atomic E-state index is 0.000172. The number of rotatable bonds is 3. The summed E-state index contributed by atoms with van der Waals surface area (Å²) in [4.78, 5) is 0. The smallest absolute Gasteiger partial charge is 0.170 e. The summed E-state index contributed by atoms with van der Waals surface area (Å²) in [5, 5.41) is 11.4. The largest absolute Gasteiger partial charge is 0.454 e. The van der Waals surface area contributed by atoms with E-state index in [4.69, 9.17) is 15.7 Å². The van der Waals surface area contributed by atoms with Crippen molar-refractivity contribution in [2.45, 2.75) is 0 Å². The van der Waals surface area contributed by atoms with Gasteiger partial charge in [0.2, 0.25) is 0 Å². The number of hydrogen-bond acceptors (Lipinski definition) is 3. The molecule has 0 spiro atoms. The maximum absolute atomic E-state index is 13.5. The lowest BCUT2D eigenvalue weighted by atomic mass is 10.2. The fourth-order valence-electron chi connectivity index (χ4n) is 1.43. The van der Waals surface area contributed by atoms with Crippen molar-refractivity contribution >= 4 is 21.8 Å². The third-order valence-corrected chi connectivity index (χ3v) is 2.87. The Morgan fingerprint density at radius 2 is 1.89 bits per heavy atom. The van der Waals surface area contributed by atoms with Gasteiger partial charge in [0.15, 0.2) is 17.4 Å². The summed E-state index contributed by atoms with van der Waals surface area (Å²) in [7, 11) is 0. The van der Waals surface area contributed by atoms with Crippen LogP contribution in [0.1, 0.15) is 5.56 Å². The molecule has 98 valence electrons. The molecule has 4 nitrogen and oxygen atoms in total. The van der Waals surface area contributed by atoms with Crippen LogP contribution in [0.3, 0.4) is 0 Å². The highest BCUT2D eigenvalue weighted by Crippen LogP contribution is 2.27. The van der Waals surface area contributed by atoms with Gasteiger partial charge in [-0.05, 0) is 42.5 Å². The first-order valence-corrected chi connectivity index (χ1v) is 6.10. The number of nitrogens with two attached hydrogens (primary N) is 1. The molecule has 0 radical (unpaired) electrons. The van der Waals surface area contributed by atoms with Gasteiger partial charge in [0.25, 0.3) is 0 Å². The highest BCUT2D eigenvalue weighted by atomic mass is 79.9. The molecule has 0 heterocycles. The monoisotopic (exact) mass is 324 g/mol. The molecule has 0 amide bonds. The summed E-state index contributed by atoms with van der Waals surface area (Å²) in [6.45, 7) is 0. The lowest BCUT2D eigenvalue weighted by Crippen LogP contribution is -2.12. The van der Waals surface area contributed by atoms with Crippen molar-refractivity contribution in [2.24, 2.45) is 10.9 Å². The number of nitrogens with zero attached hydrogens (tertiary/aromatic N) is 1. The van der Waals surface area contributed by atoms with Gasteiger partial charge in [-0.3, -0.25) is 0 Å². The molecule has 0 atom stereocenters. The molecule has 2 aromatic carbocycles. The molecule has 0 saturated carbocycles. The van der Waals surface area contributed by atoms with Crippen molar-refractivity contribution in [1.82, 2.24) is 0 Å². The van der Waals surface area contributed by atoms with E-state index in [2.05, 4.69) is 21.1 Å². The van der Waals surface area contributed by atoms with Gasteiger partial charge in [0.1, 0.15) is 5.75 Å². The van der Waals surface area contributed by atoms with Crippen LogP contribution in [0.25, 0.3) is 0 Å². The highest BCUT2D eigenvalue weighted by molar-refractivity contribution is 9.10. The molecule has 0 saturated heterocycles. The molecule has 6 heteroatoms. The van der Waals surface area contributed by atoms with E-state index >= 15 is 0 Å². The fourth-order valence-corrected chi connectivity index (χ4v) is 1.77. The second-order valence-electron chi connectivity index (χ2n) is 3.69. The molecule has 0 fully saturated rings. The van der Waals surface area contributed by atoms with Gasteiger partial charge in [-0.25, -0.2) is 4.39 Å². The lowest BCUT2D eigenvalue weighted by Gasteiger charge is -2.07. The predicted molar refractivity (Wildman–Crippen MR) is 73.1 cm³/mol. The number of hydrogen-bond donors (Lipinski definition) is 2. The van der Waals surface area contributed by atoms with E-state index < -0.39 is 5.82 Å². The second kappa shape index (κ2) is 5.71. The SMILES string of the molecule is N/C(=N/O)c1ccc(Oc2cc(Br)ccc2F)cc1. The van der Waals surface area contributed by atoms with E-state index in [1.165, 1.54) is 12.1 Å². The first kappa shape index (κ1) is 13.4. The third-order valence-electron chi connectivity index (χ3n) is 2.38. The third kappa shape index (κ3) is 3.23. The predicted octanol–water partition coefficient (Wildman–Crippen LogP) is 3.48. The Morgan fingerprint density at radius 1 is 1.21 bits per heavy atom. The van der Waals surface area contributed by atoms with Gasteiger partial charge in [-0.2, -0.15) is 0 Å². The van der Waals surface area contributed by atoms with Gasteiger partial charge < -0.3 is 15.7 Å². The number of benzene rings is 2. The Morgan fingerprint density at radius 3 is 2.53 bits per heavy atom. The zero-order valence-corrected chi connectivity index (χ0v) is 11.3. The molecule has 0 unspecified atom stereocenters. The summed E-state index contributed by atoms with van der Waals surface area (Å²) in [6, 6.07) is 10.9. The van der Waals surface area contributed by atoms with Crippen LogP contribution < -0.4 is 10.5 Å². The highest BCUT2D eigenvalue weighted by Gasteiger charge is 2.06. The molecule has 0 bridgehead atoms. The lowest BCUT2D eigenvalue weighted by molar-refractivity contribution is 0.318. The Hall–Kier alpha value is -2.08. The van der Waals surface area contributed by atoms with Crippen molar-refractivity contribution in [3.8, 4) is 11.5 Å². The van der Waals surface area contributed by atoms with Gasteiger partial charge in [0, 0.05) is 10.0 Å². The number of amidine groups is 1. The molecule has 2 aromatic rings. The standard InChI is InChI=1S/C13H10BrFN2O2/c14-9-3-6-11(15)12(7-9)19-10-4-1-8(2-5-10)13(16)17-18/h1-7,18H,(H2,16,17). The first-order chi connectivity index (χ1) is 9.10. The van der Waals surface area contributed by atoms with Crippen LogP contribution in [-0.4, -0.2) is 11.0 Å². The minimum atomic E-state index is -0.455. The topological polar surface area (TPSA) is 67.8 Å². The van der Waals surface area contributed by atoms with Gasteiger partial charge in [-0.15, -0.1) is 0 Å². The van der Waals surface area contributed by atoms with Crippen LogP contribution >= 0.6 is 15.9 Å². The fraction of sp³-hybridized carbons (Fsp3) is 0. The van der Waals surface area contributed by atoms with Crippen LogP contribution in [0.2, 0.25) is 0 Å². The van der Waals surface area contributed by atoms with Crippen LogP contribution in [0.15, 0.2) is 52.1 Å². The molecule has 0 aliphatic carbocycles. The number of oxime groups is 1. The van der Waals surface area contributed by atoms with Crippen molar-refractivity contribution < 1.29 is 14.3 Å². The molecule has 0 aliphatic rings. The van der Waals surface area contributed by atoms with Crippen LogP contribution in [0.4, 0.5) is 4.39 Å². The van der Waals surface area contributed by atoms with Gasteiger partial charge >= 0.3 is 0 Å². The Bertz CT molecular complexity index is 615. The van der Waals surface area contributed by atoms with E-state index in [0.717, 1.165) is 4.47 Å². The number of halogens is 2. The Kier molecular flexibility index (Phi) is 4.01. The Labute approximate surface area is 117 Å². The molecule has 0 aliphatic heterocycles. The van der Waals surface area contributed by atoms with Crippen LogP contribution in [0.5, 0.6) is 11.5 Å². The summed E-state index contributed by atoms with van der Waals surface area (Å²) in [6.07, 6.45) is 0. The maximum atomic E-state index is 13.5. The van der Waals surface area contributed by atoms with E-state index in [1.807, 2.05) is 0 Å². The number of ether oxygens (including phenoxy) is 1. The van der Waals surface area contributed by atoms with Crippen molar-refractivity contribution in [3.63, 3.8) is 0 Å². The summed E-state index contributed by atoms with van der Waals surface area (Å²) in [5.74, 6) is 0.112. The molecular weight excluding hydrogens is 315 g/mol. The maximum Gasteiger partial charge on any atom is 0.170 e. The van der Waals surface area contributed by atoms with Crippen molar-refractivity contribution in [2.75, 3.05) is 0 Å². The second-order valence-corrected chi connectivity index (χ2v) is 4.60. The first-order valence-electron chi connectivity index (χ1n) is 5.31. The van der Waals surface area contributed by atoms with E-state index in [0.29, 0.717) is 11.3 Å². The van der Waals surface area contributed by atoms with E-state index in [9.17, 15) is 4.39 Å². The van der Waals surface area contributed by atoms with Gasteiger partial charge in [0.05, 0.1) is 0 Å². The molecule has 19 heavy (non-hydrogen) atoms. The average Bonchev–Trinajstić information content (AvgIpc) is 2.43. The molecule has 2 rings (SSSR count). The van der Waals surface area contributed by atoms with Crippen LogP contribution in [-0.2, 0) is 0 Å². The quantitative estimate of drug-likeness (QED) is 0.393. The molecule has 0 aromatic heterocycles. The Balaban J connectivity index is 2.22. The normalized spacial score (nSPS) is 11.4. The zero-order valence-electron chi connectivity index (χ0n) is 9.68. The van der Waals surface area contributed by atoms with Crippen molar-refractivity contribution in [1.29, 1.82) is 0 Å². The minimum Gasteiger partial charge on any atom is -0.454 e. The average molecular weight is 325 g/mol. The van der Waals surface area contributed by atoms with Crippen molar-refractivity contribution in [3.05, 3.63) is 58.3 Å². The summed E-state index contributed by atoms with van der Waals surface area (Å²) in [5.41, 5.74) is 5.98. The summed E-state index contributed by atoms with van der Waals surface area (Å²) >= 11 is 3.24. The summed E-state index contributed by atoms with van der Waals surface area (Å²) < 4.78 is 19.6. The zero-order chi connectivity index (χ0) is 13.8. The molecular formula is C13H10BrFN2O2. The van der Waals surface area contributed by atoms with Crippen LogP contribution in [0, 0.1) is 5.82 Å². The van der Waals surface area contributed by atoms with E-state index in [1.54, 1.807) is 30.3 Å². The molecule has 3 N–H and O–H groups in total.